The fraction of sp³-hybridized carbons (Fsp3) is 0.625. The van der Waals surface area contributed by atoms with E-state index in [1.54, 1.807) is 11.3 Å². The Morgan fingerprint density at radius 3 is 3.05 bits per heavy atom. The molecule has 2 fully saturated rings. The molecule has 1 N–H and O–H groups in total. The zero-order valence-corrected chi connectivity index (χ0v) is 13.8. The van der Waals surface area contributed by atoms with E-state index >= 15 is 0 Å². The molecule has 3 heterocycles. The summed E-state index contributed by atoms with van der Waals surface area (Å²) in [5, 5.41) is 6.98. The van der Waals surface area contributed by atoms with E-state index in [4.69, 9.17) is 0 Å². The van der Waals surface area contributed by atoms with Gasteiger partial charge < -0.3 is 15.1 Å². The van der Waals surface area contributed by atoms with Gasteiger partial charge in [0.05, 0.1) is 5.56 Å². The molecule has 6 heteroatoms. The monoisotopic (exact) mass is 321 g/mol. The number of fused-ring (bicyclic) bond motifs is 1. The van der Waals surface area contributed by atoms with E-state index in [1.807, 2.05) is 33.7 Å². The fourth-order valence-electron chi connectivity index (χ4n) is 3.63. The second-order valence-electron chi connectivity index (χ2n) is 6.11. The highest BCUT2D eigenvalue weighted by Crippen LogP contribution is 2.31. The lowest BCUT2D eigenvalue weighted by Crippen LogP contribution is -2.57. The van der Waals surface area contributed by atoms with E-state index in [2.05, 4.69) is 5.32 Å². The van der Waals surface area contributed by atoms with Crippen LogP contribution in [0.1, 0.15) is 29.6 Å². The minimum absolute atomic E-state index is 0.137. The van der Waals surface area contributed by atoms with E-state index in [1.165, 1.54) is 0 Å². The number of likely N-dealkylation sites (N-methyl/N-ethyl adjacent to an activating group) is 1. The van der Waals surface area contributed by atoms with Gasteiger partial charge in [-0.2, -0.15) is 11.3 Å². The normalized spacial score (nSPS) is 25.2. The predicted octanol–water partition coefficient (Wildman–Crippen LogP) is 1.42. The molecule has 5 nitrogen and oxygen atoms in total. The number of nitrogens with one attached hydrogen (secondary N) is 1. The third-order valence-electron chi connectivity index (χ3n) is 4.80. The minimum atomic E-state index is 0.137. The van der Waals surface area contributed by atoms with Crippen LogP contribution in [0.3, 0.4) is 0 Å². The van der Waals surface area contributed by atoms with Gasteiger partial charge in [-0.3, -0.25) is 9.59 Å². The highest BCUT2D eigenvalue weighted by Gasteiger charge is 2.40. The van der Waals surface area contributed by atoms with Gasteiger partial charge >= 0.3 is 0 Å². The van der Waals surface area contributed by atoms with E-state index < -0.39 is 0 Å². The molecule has 0 spiro atoms. The van der Waals surface area contributed by atoms with Gasteiger partial charge in [-0.15, -0.1) is 0 Å². The van der Waals surface area contributed by atoms with Gasteiger partial charge in [0, 0.05) is 44.0 Å². The number of piperidine rings is 2. The molecule has 2 saturated heterocycles. The molecular formula is C16H23N3O2S. The maximum absolute atomic E-state index is 12.5. The van der Waals surface area contributed by atoms with E-state index in [0.717, 1.165) is 44.6 Å². The van der Waals surface area contributed by atoms with Gasteiger partial charge in [-0.05, 0) is 37.3 Å². The summed E-state index contributed by atoms with van der Waals surface area (Å²) in [7, 11) is 1.91. The molecule has 0 bridgehead atoms. The lowest BCUT2D eigenvalue weighted by Gasteiger charge is -2.47. The zero-order valence-electron chi connectivity index (χ0n) is 13.0. The molecule has 1 aromatic rings. The number of carbonyl (C=O) groups excluding carboxylic acids is 2. The molecule has 120 valence electrons. The SMILES string of the molecule is CNCCN1C(=O)CC[C@H]2CN(C(=O)c3ccsc3)CC[C@H]21. The Kier molecular flexibility index (Phi) is 4.78. The van der Waals surface area contributed by atoms with Crippen LogP contribution in [0.5, 0.6) is 0 Å². The molecule has 0 saturated carbocycles. The standard InChI is InChI=1S/C16H23N3O2S/c1-17-6-8-19-14-4-7-18(10-12(14)2-3-15(19)20)16(21)13-5-9-22-11-13/h5,9,11-12,14,17H,2-4,6-8,10H2,1H3/t12-,14+/m0/s1. The molecule has 1 aromatic heterocycles. The smallest absolute Gasteiger partial charge is 0.254 e. The topological polar surface area (TPSA) is 52.7 Å². The zero-order chi connectivity index (χ0) is 15.5. The quantitative estimate of drug-likeness (QED) is 0.912. The molecule has 3 rings (SSSR count). The van der Waals surface area contributed by atoms with Crippen LogP contribution in [0, 0.1) is 5.92 Å². The van der Waals surface area contributed by atoms with Crippen LogP contribution in [-0.4, -0.2) is 60.9 Å². The average Bonchev–Trinajstić information content (AvgIpc) is 3.07. The van der Waals surface area contributed by atoms with Gasteiger partial charge in [0.2, 0.25) is 5.91 Å². The number of carbonyl (C=O) groups is 2. The van der Waals surface area contributed by atoms with Gasteiger partial charge in [-0.1, -0.05) is 0 Å². The van der Waals surface area contributed by atoms with E-state index in [-0.39, 0.29) is 11.8 Å². The summed E-state index contributed by atoms with van der Waals surface area (Å²) in [6.07, 6.45) is 2.42. The Balaban J connectivity index is 1.66. The van der Waals surface area contributed by atoms with Crippen LogP contribution in [-0.2, 0) is 4.79 Å². The third kappa shape index (κ3) is 3.03. The summed E-state index contributed by atoms with van der Waals surface area (Å²) in [4.78, 5) is 28.7. The second-order valence-corrected chi connectivity index (χ2v) is 6.89. The Bertz CT molecular complexity index is 532. The Morgan fingerprint density at radius 2 is 2.32 bits per heavy atom. The first kappa shape index (κ1) is 15.5. The van der Waals surface area contributed by atoms with E-state index in [0.29, 0.717) is 18.4 Å². The molecule has 2 aliphatic heterocycles. The van der Waals surface area contributed by atoms with Gasteiger partial charge in [-0.25, -0.2) is 0 Å². The van der Waals surface area contributed by atoms with Crippen LogP contribution < -0.4 is 5.32 Å². The first-order valence-electron chi connectivity index (χ1n) is 7.96. The number of amides is 2. The van der Waals surface area contributed by atoms with Gasteiger partial charge in [0.25, 0.3) is 5.91 Å². The average molecular weight is 321 g/mol. The Hall–Kier alpha value is -1.40. The van der Waals surface area contributed by atoms with Crippen molar-refractivity contribution in [2.24, 2.45) is 5.92 Å². The Labute approximate surface area is 135 Å². The van der Waals surface area contributed by atoms with Gasteiger partial charge in [0.1, 0.15) is 0 Å². The van der Waals surface area contributed by atoms with Crippen LogP contribution >= 0.6 is 11.3 Å². The lowest BCUT2D eigenvalue weighted by molar-refractivity contribution is -0.140. The minimum Gasteiger partial charge on any atom is -0.338 e. The maximum Gasteiger partial charge on any atom is 0.254 e. The largest absolute Gasteiger partial charge is 0.338 e. The van der Waals surface area contributed by atoms with Crippen molar-refractivity contribution < 1.29 is 9.59 Å². The summed E-state index contributed by atoms with van der Waals surface area (Å²) < 4.78 is 0. The first-order chi connectivity index (χ1) is 10.7. The molecule has 22 heavy (non-hydrogen) atoms. The van der Waals surface area contributed by atoms with Crippen LogP contribution in [0.2, 0.25) is 0 Å². The van der Waals surface area contributed by atoms with Crippen molar-refractivity contribution in [3.63, 3.8) is 0 Å². The molecule has 2 amide bonds. The number of rotatable bonds is 4. The molecular weight excluding hydrogens is 298 g/mol. The highest BCUT2D eigenvalue weighted by molar-refractivity contribution is 7.08. The van der Waals surface area contributed by atoms with E-state index in [9.17, 15) is 9.59 Å². The van der Waals surface area contributed by atoms with Gasteiger partial charge in [0.15, 0.2) is 0 Å². The molecule has 0 aromatic carbocycles. The maximum atomic E-state index is 12.5. The molecule has 2 aliphatic rings. The van der Waals surface area contributed by atoms with Crippen molar-refractivity contribution in [1.82, 2.24) is 15.1 Å². The molecule has 2 atom stereocenters. The summed E-state index contributed by atoms with van der Waals surface area (Å²) in [5.74, 6) is 0.832. The predicted molar refractivity (Wildman–Crippen MR) is 87.0 cm³/mol. The summed E-state index contributed by atoms with van der Waals surface area (Å²) in [6, 6.07) is 2.20. The van der Waals surface area contributed by atoms with Crippen molar-refractivity contribution in [1.29, 1.82) is 0 Å². The number of thiophene rings is 1. The first-order valence-corrected chi connectivity index (χ1v) is 8.90. The molecule has 0 unspecified atom stereocenters. The van der Waals surface area contributed by atoms with Crippen LogP contribution in [0.15, 0.2) is 16.8 Å². The summed E-state index contributed by atoms with van der Waals surface area (Å²) in [5.41, 5.74) is 0.794. The van der Waals surface area contributed by atoms with Crippen molar-refractivity contribution >= 4 is 23.2 Å². The highest BCUT2D eigenvalue weighted by atomic mass is 32.1. The number of likely N-dealkylation sites (tertiary alicyclic amines) is 2. The number of nitrogens with zero attached hydrogens (tertiary/aromatic N) is 2. The van der Waals surface area contributed by atoms with Crippen LogP contribution in [0.4, 0.5) is 0 Å². The van der Waals surface area contributed by atoms with Crippen molar-refractivity contribution in [2.45, 2.75) is 25.3 Å². The lowest BCUT2D eigenvalue weighted by atomic mass is 9.83. The second kappa shape index (κ2) is 6.79. The number of hydrogen-bond acceptors (Lipinski definition) is 4. The summed E-state index contributed by atoms with van der Waals surface area (Å²) in [6.45, 7) is 3.13. The van der Waals surface area contributed by atoms with Crippen molar-refractivity contribution in [2.75, 3.05) is 33.2 Å². The fourth-order valence-corrected chi connectivity index (χ4v) is 4.26. The third-order valence-corrected chi connectivity index (χ3v) is 5.48. The van der Waals surface area contributed by atoms with Crippen molar-refractivity contribution in [3.8, 4) is 0 Å². The molecule has 0 radical (unpaired) electrons. The summed E-state index contributed by atoms with van der Waals surface area (Å²) >= 11 is 1.56. The molecule has 0 aliphatic carbocycles. The van der Waals surface area contributed by atoms with Crippen molar-refractivity contribution in [3.05, 3.63) is 22.4 Å². The Morgan fingerprint density at radius 1 is 1.45 bits per heavy atom. The number of hydrogen-bond donors (Lipinski definition) is 1. The van der Waals surface area contributed by atoms with Crippen LogP contribution in [0.25, 0.3) is 0 Å².